The third-order valence-electron chi connectivity index (χ3n) is 4.13. The molecule has 0 radical (unpaired) electrons. The lowest BCUT2D eigenvalue weighted by atomic mass is 9.98. The molecule has 1 aliphatic rings. The minimum Gasteiger partial charge on any atom is -0.480 e. The fourth-order valence-corrected chi connectivity index (χ4v) is 2.74. The molecule has 1 amide bonds. The zero-order valence-corrected chi connectivity index (χ0v) is 13.3. The van der Waals surface area contributed by atoms with Crippen molar-refractivity contribution in [3.05, 3.63) is 40.6 Å². The van der Waals surface area contributed by atoms with E-state index in [0.29, 0.717) is 16.5 Å². The Morgan fingerprint density at radius 1 is 1.28 bits per heavy atom. The molecular weight excluding hydrogens is 337 g/mol. The van der Waals surface area contributed by atoms with Crippen molar-refractivity contribution in [2.24, 2.45) is 0 Å². The summed E-state index contributed by atoms with van der Waals surface area (Å²) in [7, 11) is 0. The van der Waals surface area contributed by atoms with Crippen LogP contribution in [-0.4, -0.2) is 28.5 Å². The predicted molar refractivity (Wildman–Crippen MR) is 83.4 cm³/mol. The van der Waals surface area contributed by atoms with Crippen LogP contribution in [0, 0.1) is 6.92 Å². The van der Waals surface area contributed by atoms with E-state index in [1.165, 1.54) is 6.07 Å². The Balaban J connectivity index is 2.13. The molecule has 2 aromatic rings. The summed E-state index contributed by atoms with van der Waals surface area (Å²) in [6.07, 6.45) is -2.87. The summed E-state index contributed by atoms with van der Waals surface area (Å²) in [4.78, 5) is 26.4. The summed E-state index contributed by atoms with van der Waals surface area (Å²) in [6.45, 7) is 0.971. The molecule has 5 nitrogen and oxygen atoms in total. The molecule has 3 rings (SSSR count). The number of carbonyl (C=O) groups excluding carboxylic acids is 1. The summed E-state index contributed by atoms with van der Waals surface area (Å²) in [6, 6.07) is 4.17. The van der Waals surface area contributed by atoms with E-state index in [2.05, 4.69) is 10.3 Å². The van der Waals surface area contributed by atoms with Crippen LogP contribution in [0.3, 0.4) is 0 Å². The Morgan fingerprint density at radius 3 is 2.52 bits per heavy atom. The van der Waals surface area contributed by atoms with Gasteiger partial charge in [-0.25, -0.2) is 4.98 Å². The first-order valence-electron chi connectivity index (χ1n) is 7.69. The number of aromatic nitrogens is 1. The van der Waals surface area contributed by atoms with E-state index in [4.69, 9.17) is 5.11 Å². The second kappa shape index (κ2) is 6.02. The number of fused-ring (bicyclic) bond motifs is 1. The Morgan fingerprint density at radius 2 is 1.96 bits per heavy atom. The van der Waals surface area contributed by atoms with Gasteiger partial charge in [-0.05, 0) is 55.0 Å². The highest BCUT2D eigenvalue weighted by Gasteiger charge is 2.36. The number of aryl methyl sites for hydroxylation is 1. The van der Waals surface area contributed by atoms with Crippen LogP contribution in [0.1, 0.15) is 45.9 Å². The molecule has 1 aromatic heterocycles. The van der Waals surface area contributed by atoms with Crippen molar-refractivity contribution < 1.29 is 27.9 Å². The van der Waals surface area contributed by atoms with E-state index in [0.717, 1.165) is 18.9 Å². The number of rotatable bonds is 4. The molecule has 0 unspecified atom stereocenters. The number of pyridine rings is 1. The van der Waals surface area contributed by atoms with Gasteiger partial charge in [0.1, 0.15) is 12.2 Å². The molecule has 1 aliphatic carbocycles. The monoisotopic (exact) mass is 352 g/mol. The molecule has 0 spiro atoms. The van der Waals surface area contributed by atoms with Crippen LogP contribution in [0.2, 0.25) is 0 Å². The van der Waals surface area contributed by atoms with Gasteiger partial charge >= 0.3 is 12.1 Å². The highest BCUT2D eigenvalue weighted by Crippen LogP contribution is 2.44. The van der Waals surface area contributed by atoms with Gasteiger partial charge in [-0.2, -0.15) is 13.2 Å². The number of nitrogens with zero attached hydrogens (tertiary/aromatic N) is 1. The minimum absolute atomic E-state index is 0.142. The Kier molecular flexibility index (Phi) is 4.14. The Labute approximate surface area is 140 Å². The third-order valence-corrected chi connectivity index (χ3v) is 4.13. The number of amides is 1. The van der Waals surface area contributed by atoms with Crippen molar-refractivity contribution >= 4 is 22.8 Å². The molecule has 1 aromatic carbocycles. The number of carboxylic acid groups (broad SMARTS) is 1. The van der Waals surface area contributed by atoms with Crippen LogP contribution in [0.25, 0.3) is 10.9 Å². The first-order chi connectivity index (χ1) is 11.7. The molecule has 132 valence electrons. The smallest absolute Gasteiger partial charge is 0.418 e. The third kappa shape index (κ3) is 3.57. The molecular formula is C17H15F3N2O3. The molecule has 0 atom stereocenters. The van der Waals surface area contributed by atoms with Crippen LogP contribution in [-0.2, 0) is 11.0 Å². The van der Waals surface area contributed by atoms with Gasteiger partial charge in [0.2, 0.25) is 0 Å². The van der Waals surface area contributed by atoms with Crippen LogP contribution in [0.4, 0.5) is 13.2 Å². The summed E-state index contributed by atoms with van der Waals surface area (Å²) in [5, 5.41) is 11.1. The number of alkyl halides is 3. The molecule has 1 fully saturated rings. The van der Waals surface area contributed by atoms with Crippen molar-refractivity contribution in [3.8, 4) is 0 Å². The largest absolute Gasteiger partial charge is 0.480 e. The highest BCUT2D eigenvalue weighted by atomic mass is 19.4. The number of carbonyl (C=O) groups is 2. The van der Waals surface area contributed by atoms with Gasteiger partial charge in [-0.3, -0.25) is 9.59 Å². The minimum atomic E-state index is -4.60. The number of hydrogen-bond acceptors (Lipinski definition) is 3. The molecule has 2 N–H and O–H groups in total. The zero-order chi connectivity index (χ0) is 18.4. The van der Waals surface area contributed by atoms with Gasteiger partial charge in [0.05, 0.1) is 11.1 Å². The molecule has 0 aliphatic heterocycles. The van der Waals surface area contributed by atoms with Crippen molar-refractivity contribution in [1.29, 1.82) is 0 Å². The van der Waals surface area contributed by atoms with E-state index >= 15 is 0 Å². The lowest BCUT2D eigenvalue weighted by molar-refractivity contribution is -0.137. The second-order valence-electron chi connectivity index (χ2n) is 6.14. The van der Waals surface area contributed by atoms with Gasteiger partial charge in [0.15, 0.2) is 0 Å². The maximum atomic E-state index is 13.5. The van der Waals surface area contributed by atoms with Crippen LogP contribution < -0.4 is 5.32 Å². The van der Waals surface area contributed by atoms with Gasteiger partial charge < -0.3 is 10.4 Å². The number of nitrogens with one attached hydrogen (secondary N) is 1. The standard InChI is InChI=1S/C17H15F3N2O3/c1-8-4-13(16(25)21-7-14(23)24)22-15-11(8)5-10(9-2-3-9)6-12(15)17(18,19)20/h4-6,9H,2-3,7H2,1H3,(H,21,25)(H,23,24). The molecule has 0 bridgehead atoms. The fraction of sp³-hybridized carbons (Fsp3) is 0.353. The molecule has 1 saturated carbocycles. The van der Waals surface area contributed by atoms with Gasteiger partial charge in [-0.1, -0.05) is 0 Å². The average Bonchev–Trinajstić information content (AvgIpc) is 3.35. The number of benzene rings is 1. The Hall–Kier alpha value is -2.64. The van der Waals surface area contributed by atoms with Gasteiger partial charge in [0, 0.05) is 5.39 Å². The van der Waals surface area contributed by atoms with E-state index in [1.807, 2.05) is 0 Å². The molecule has 1 heterocycles. The van der Waals surface area contributed by atoms with E-state index in [-0.39, 0.29) is 17.1 Å². The summed E-state index contributed by atoms with van der Waals surface area (Å²) < 4.78 is 40.4. The van der Waals surface area contributed by atoms with Gasteiger partial charge in [-0.15, -0.1) is 0 Å². The molecule has 0 saturated heterocycles. The second-order valence-corrected chi connectivity index (χ2v) is 6.14. The fourth-order valence-electron chi connectivity index (χ4n) is 2.74. The Bertz CT molecular complexity index is 874. The number of carboxylic acids is 1. The SMILES string of the molecule is Cc1cc(C(=O)NCC(=O)O)nc2c(C(F)(F)F)cc(C3CC3)cc12. The topological polar surface area (TPSA) is 79.3 Å². The van der Waals surface area contributed by atoms with E-state index in [9.17, 15) is 22.8 Å². The van der Waals surface area contributed by atoms with Crippen molar-refractivity contribution in [2.45, 2.75) is 31.9 Å². The maximum Gasteiger partial charge on any atom is 0.418 e. The number of aliphatic carboxylic acids is 1. The first kappa shape index (κ1) is 17.2. The van der Waals surface area contributed by atoms with Crippen LogP contribution in [0.15, 0.2) is 18.2 Å². The van der Waals surface area contributed by atoms with Crippen LogP contribution >= 0.6 is 0 Å². The maximum absolute atomic E-state index is 13.5. The zero-order valence-electron chi connectivity index (χ0n) is 13.3. The summed E-state index contributed by atoms with van der Waals surface area (Å²) >= 11 is 0. The normalized spacial score (nSPS) is 14.6. The van der Waals surface area contributed by atoms with E-state index < -0.39 is 30.2 Å². The number of hydrogen-bond donors (Lipinski definition) is 2. The van der Waals surface area contributed by atoms with Crippen molar-refractivity contribution in [2.75, 3.05) is 6.54 Å². The van der Waals surface area contributed by atoms with Crippen molar-refractivity contribution in [3.63, 3.8) is 0 Å². The quantitative estimate of drug-likeness (QED) is 0.885. The molecule has 25 heavy (non-hydrogen) atoms. The lowest BCUT2D eigenvalue weighted by Crippen LogP contribution is -2.30. The summed E-state index contributed by atoms with van der Waals surface area (Å²) in [5.74, 6) is -1.94. The predicted octanol–water partition coefficient (Wildman–Crippen LogP) is 3.25. The molecule has 8 heteroatoms. The van der Waals surface area contributed by atoms with Gasteiger partial charge in [0.25, 0.3) is 5.91 Å². The lowest BCUT2D eigenvalue weighted by Gasteiger charge is -2.15. The first-order valence-corrected chi connectivity index (χ1v) is 7.69. The van der Waals surface area contributed by atoms with E-state index in [1.54, 1.807) is 13.0 Å². The summed E-state index contributed by atoms with van der Waals surface area (Å²) in [5.41, 5.74) is -0.289. The number of halogens is 3. The highest BCUT2D eigenvalue weighted by molar-refractivity contribution is 5.98. The van der Waals surface area contributed by atoms with Crippen LogP contribution in [0.5, 0.6) is 0 Å². The van der Waals surface area contributed by atoms with Crippen molar-refractivity contribution in [1.82, 2.24) is 10.3 Å². The average molecular weight is 352 g/mol.